The van der Waals surface area contributed by atoms with Gasteiger partial charge in [-0.25, -0.2) is 4.98 Å². The van der Waals surface area contributed by atoms with Gasteiger partial charge in [0, 0.05) is 12.6 Å². The van der Waals surface area contributed by atoms with Crippen LogP contribution in [-0.4, -0.2) is 14.7 Å². The van der Waals surface area contributed by atoms with Crippen molar-refractivity contribution >= 4 is 17.5 Å². The van der Waals surface area contributed by atoms with Crippen molar-refractivity contribution in [2.24, 2.45) is 0 Å². The zero-order chi connectivity index (χ0) is 10.1. The first-order chi connectivity index (χ1) is 6.72. The highest BCUT2D eigenvalue weighted by Crippen LogP contribution is 2.26. The number of halogens is 1. The molecule has 14 heavy (non-hydrogen) atoms. The van der Waals surface area contributed by atoms with Gasteiger partial charge in [0.05, 0.1) is 6.33 Å². The number of aryl methyl sites for hydroxylation is 1. The lowest BCUT2D eigenvalue weighted by Gasteiger charge is -2.00. The Morgan fingerprint density at radius 1 is 1.64 bits per heavy atom. The Kier molecular flexibility index (Phi) is 2.17. The molecule has 0 spiro atoms. The molecule has 2 heterocycles. The van der Waals surface area contributed by atoms with Crippen molar-refractivity contribution in [2.75, 3.05) is 5.73 Å². The van der Waals surface area contributed by atoms with Crippen LogP contribution >= 0.6 is 11.6 Å². The van der Waals surface area contributed by atoms with Gasteiger partial charge in [0.15, 0.2) is 5.15 Å². The zero-order valence-corrected chi connectivity index (χ0v) is 8.32. The summed E-state index contributed by atoms with van der Waals surface area (Å²) in [5.74, 6) is 0.264. The molecule has 0 aromatic carbocycles. The molecular weight excluding hydrogens is 204 g/mol. The second-order valence-corrected chi connectivity index (χ2v) is 3.14. The number of nitrogen functional groups attached to an aromatic ring is 1. The third-order valence-electron chi connectivity index (χ3n) is 1.90. The van der Waals surface area contributed by atoms with Crippen molar-refractivity contribution in [1.82, 2.24) is 14.7 Å². The monoisotopic (exact) mass is 212 g/mol. The summed E-state index contributed by atoms with van der Waals surface area (Å²) in [5, 5.41) is 4.19. The predicted molar refractivity (Wildman–Crippen MR) is 52.8 cm³/mol. The van der Waals surface area contributed by atoms with Gasteiger partial charge in [-0.1, -0.05) is 16.8 Å². The van der Waals surface area contributed by atoms with Gasteiger partial charge in [-0.2, -0.15) is 0 Å². The molecule has 2 N–H and O–H groups in total. The summed E-state index contributed by atoms with van der Waals surface area (Å²) in [6, 6.07) is 1.62. The van der Waals surface area contributed by atoms with E-state index in [1.807, 2.05) is 11.5 Å². The molecule has 2 rings (SSSR count). The highest BCUT2D eigenvalue weighted by Gasteiger charge is 2.14. The minimum Gasteiger partial charge on any atom is -0.368 e. The van der Waals surface area contributed by atoms with E-state index >= 15 is 0 Å². The maximum atomic E-state index is 5.91. The van der Waals surface area contributed by atoms with Gasteiger partial charge in [0.25, 0.3) is 0 Å². The first kappa shape index (κ1) is 9.08. The lowest BCUT2D eigenvalue weighted by Crippen LogP contribution is -1.94. The Bertz CT molecular complexity index is 448. The molecule has 0 aliphatic carbocycles. The molecule has 0 unspecified atom stereocenters. The molecule has 2 aromatic rings. The third-order valence-corrected chi connectivity index (χ3v) is 2.18. The summed E-state index contributed by atoms with van der Waals surface area (Å²) in [7, 11) is 0. The van der Waals surface area contributed by atoms with Gasteiger partial charge >= 0.3 is 0 Å². The van der Waals surface area contributed by atoms with Crippen LogP contribution in [0, 0.1) is 0 Å². The van der Waals surface area contributed by atoms with E-state index in [0.717, 1.165) is 12.2 Å². The van der Waals surface area contributed by atoms with E-state index in [-0.39, 0.29) is 5.88 Å². The first-order valence-corrected chi connectivity index (χ1v) is 4.53. The average Bonchev–Trinajstić information content (AvgIpc) is 2.71. The van der Waals surface area contributed by atoms with E-state index in [0.29, 0.717) is 10.8 Å². The number of hydrogen-bond donors (Lipinski definition) is 1. The molecule has 0 amide bonds. The van der Waals surface area contributed by atoms with E-state index in [2.05, 4.69) is 10.1 Å². The van der Waals surface area contributed by atoms with Crippen LogP contribution in [0.25, 0.3) is 11.4 Å². The minimum absolute atomic E-state index is 0.264. The van der Waals surface area contributed by atoms with E-state index in [1.54, 1.807) is 12.4 Å². The number of imidazole rings is 1. The van der Waals surface area contributed by atoms with Crippen LogP contribution in [0.2, 0.25) is 5.15 Å². The highest BCUT2D eigenvalue weighted by molar-refractivity contribution is 6.31. The van der Waals surface area contributed by atoms with Crippen LogP contribution in [-0.2, 0) is 6.54 Å². The molecule has 5 nitrogen and oxygen atoms in total. The maximum Gasteiger partial charge on any atom is 0.222 e. The summed E-state index contributed by atoms with van der Waals surface area (Å²) in [6.45, 7) is 2.76. The molecule has 2 aromatic heterocycles. The summed E-state index contributed by atoms with van der Waals surface area (Å²) < 4.78 is 6.65. The zero-order valence-electron chi connectivity index (χ0n) is 7.57. The molecule has 0 aliphatic rings. The molecule has 0 saturated carbocycles. The number of nitrogens with zero attached hydrogens (tertiary/aromatic N) is 3. The first-order valence-electron chi connectivity index (χ1n) is 4.15. The predicted octanol–water partition coefficient (Wildman–Crippen LogP) is 1.79. The van der Waals surface area contributed by atoms with E-state index in [4.69, 9.17) is 21.9 Å². The molecule has 0 fully saturated rings. The number of nitrogens with two attached hydrogens (primary N) is 1. The number of hydrogen-bond acceptors (Lipinski definition) is 4. The van der Waals surface area contributed by atoms with Gasteiger partial charge in [-0.3, -0.25) is 0 Å². The van der Waals surface area contributed by atoms with Crippen LogP contribution in [0.3, 0.4) is 0 Å². The van der Waals surface area contributed by atoms with Crippen LogP contribution in [0.1, 0.15) is 6.92 Å². The van der Waals surface area contributed by atoms with Crippen LogP contribution in [0.4, 0.5) is 5.88 Å². The Morgan fingerprint density at radius 3 is 3.00 bits per heavy atom. The number of anilines is 1. The lowest BCUT2D eigenvalue weighted by molar-refractivity contribution is 0.438. The van der Waals surface area contributed by atoms with Gasteiger partial charge in [0.2, 0.25) is 5.88 Å². The highest BCUT2D eigenvalue weighted by atomic mass is 35.5. The van der Waals surface area contributed by atoms with E-state index in [9.17, 15) is 0 Å². The normalized spacial score (nSPS) is 10.7. The smallest absolute Gasteiger partial charge is 0.222 e. The summed E-state index contributed by atoms with van der Waals surface area (Å²) in [5.41, 5.74) is 6.76. The van der Waals surface area contributed by atoms with Crippen molar-refractivity contribution in [2.45, 2.75) is 13.5 Å². The van der Waals surface area contributed by atoms with E-state index in [1.165, 1.54) is 0 Å². The minimum atomic E-state index is 0.264. The molecule has 0 radical (unpaired) electrons. The van der Waals surface area contributed by atoms with Crippen LogP contribution < -0.4 is 5.73 Å². The number of rotatable bonds is 2. The second-order valence-electron chi connectivity index (χ2n) is 2.78. The molecular formula is C8H9ClN4O. The Hall–Kier alpha value is -1.49. The molecule has 0 aliphatic heterocycles. The standard InChI is InChI=1S/C8H9ClN4O/c1-2-13-4-11-8(9)7(13)5-3-6(10)14-12-5/h3-4H,2,10H2,1H3. The molecule has 0 saturated heterocycles. The van der Waals surface area contributed by atoms with Gasteiger partial charge in [0.1, 0.15) is 11.4 Å². The van der Waals surface area contributed by atoms with Crippen molar-refractivity contribution in [3.63, 3.8) is 0 Å². The number of aromatic nitrogens is 3. The third kappa shape index (κ3) is 1.35. The summed E-state index contributed by atoms with van der Waals surface area (Å²) in [4.78, 5) is 3.98. The average molecular weight is 213 g/mol. The maximum absolute atomic E-state index is 5.91. The second kappa shape index (κ2) is 3.34. The quantitative estimate of drug-likeness (QED) is 0.824. The topological polar surface area (TPSA) is 69.9 Å². The molecule has 0 bridgehead atoms. The fourth-order valence-electron chi connectivity index (χ4n) is 1.25. The van der Waals surface area contributed by atoms with Crippen LogP contribution in [0.15, 0.2) is 16.9 Å². The SMILES string of the molecule is CCn1cnc(Cl)c1-c1cc(N)on1. The van der Waals surface area contributed by atoms with Crippen molar-refractivity contribution < 1.29 is 4.52 Å². The largest absolute Gasteiger partial charge is 0.368 e. The molecule has 6 heteroatoms. The van der Waals surface area contributed by atoms with E-state index < -0.39 is 0 Å². The lowest BCUT2D eigenvalue weighted by atomic mass is 10.3. The summed E-state index contributed by atoms with van der Waals surface area (Å²) >= 11 is 5.91. The Morgan fingerprint density at radius 2 is 2.43 bits per heavy atom. The Balaban J connectivity index is 2.54. The van der Waals surface area contributed by atoms with Gasteiger partial charge in [-0.15, -0.1) is 0 Å². The van der Waals surface area contributed by atoms with Crippen molar-refractivity contribution in [1.29, 1.82) is 0 Å². The fourth-order valence-corrected chi connectivity index (χ4v) is 1.50. The molecule has 0 atom stereocenters. The van der Waals surface area contributed by atoms with Crippen molar-refractivity contribution in [3.05, 3.63) is 17.5 Å². The Labute approximate surface area is 85.5 Å². The molecule has 74 valence electrons. The van der Waals surface area contributed by atoms with Gasteiger partial charge < -0.3 is 14.8 Å². The van der Waals surface area contributed by atoms with Crippen molar-refractivity contribution in [3.8, 4) is 11.4 Å². The van der Waals surface area contributed by atoms with Crippen LogP contribution in [0.5, 0.6) is 0 Å². The summed E-state index contributed by atoms with van der Waals surface area (Å²) in [6.07, 6.45) is 1.66. The van der Waals surface area contributed by atoms with Gasteiger partial charge in [-0.05, 0) is 6.92 Å². The fraction of sp³-hybridized carbons (Fsp3) is 0.250.